The van der Waals surface area contributed by atoms with Crippen LogP contribution in [0.5, 0.6) is 0 Å². The van der Waals surface area contributed by atoms with E-state index in [1.54, 1.807) is 12.1 Å². The summed E-state index contributed by atoms with van der Waals surface area (Å²) in [4.78, 5) is 15.9. The Morgan fingerprint density at radius 2 is 1.96 bits per heavy atom. The molecule has 2 aromatic rings. The standard InChI is InChI=1S/C14H16N4O5/c19-7-9-11(20)12(21)13(23-9)18-14(22)17-10(6-15-18)16-8-4-2-1-3-5-8/h1-6,9,11-13,19-21H,7H2,(H,16,17,22)/t9-,11-,12-,13-/m1/s1. The topological polar surface area (TPSA) is 130 Å². The van der Waals surface area contributed by atoms with Gasteiger partial charge in [0.25, 0.3) is 0 Å². The van der Waals surface area contributed by atoms with Gasteiger partial charge in [-0.2, -0.15) is 14.8 Å². The van der Waals surface area contributed by atoms with Gasteiger partial charge in [-0.1, -0.05) is 18.2 Å². The van der Waals surface area contributed by atoms with E-state index in [0.29, 0.717) is 0 Å². The molecule has 1 aliphatic rings. The molecular weight excluding hydrogens is 304 g/mol. The van der Waals surface area contributed by atoms with Gasteiger partial charge in [0, 0.05) is 5.69 Å². The average Bonchev–Trinajstić information content (AvgIpc) is 2.84. The van der Waals surface area contributed by atoms with Crippen molar-refractivity contribution in [3.8, 4) is 0 Å². The van der Waals surface area contributed by atoms with Crippen LogP contribution in [0.25, 0.3) is 0 Å². The van der Waals surface area contributed by atoms with Crippen LogP contribution in [0.3, 0.4) is 0 Å². The molecule has 0 amide bonds. The van der Waals surface area contributed by atoms with Crippen LogP contribution in [0.4, 0.5) is 11.5 Å². The van der Waals surface area contributed by atoms with Crippen LogP contribution in [-0.2, 0) is 4.74 Å². The van der Waals surface area contributed by atoms with E-state index >= 15 is 0 Å². The van der Waals surface area contributed by atoms with Crippen molar-refractivity contribution < 1.29 is 20.1 Å². The van der Waals surface area contributed by atoms with Gasteiger partial charge in [-0.3, -0.25) is 0 Å². The number of anilines is 2. The third-order valence-corrected chi connectivity index (χ3v) is 3.52. The van der Waals surface area contributed by atoms with Crippen LogP contribution in [0, 0.1) is 0 Å². The molecule has 1 aromatic heterocycles. The fourth-order valence-corrected chi connectivity index (χ4v) is 2.34. The quantitative estimate of drug-likeness (QED) is 0.564. The summed E-state index contributed by atoms with van der Waals surface area (Å²) in [6.07, 6.45) is -3.56. The maximum absolute atomic E-state index is 12.1. The highest BCUT2D eigenvalue weighted by atomic mass is 16.6. The van der Waals surface area contributed by atoms with Crippen LogP contribution in [0.2, 0.25) is 0 Å². The van der Waals surface area contributed by atoms with Crippen molar-refractivity contribution in [2.24, 2.45) is 0 Å². The van der Waals surface area contributed by atoms with Crippen LogP contribution in [-0.4, -0.2) is 55.0 Å². The van der Waals surface area contributed by atoms with Crippen molar-refractivity contribution in [2.45, 2.75) is 24.5 Å². The first kappa shape index (κ1) is 15.6. The van der Waals surface area contributed by atoms with E-state index in [9.17, 15) is 15.0 Å². The number of aromatic nitrogens is 3. The molecule has 1 saturated heterocycles. The number of hydrogen-bond donors (Lipinski definition) is 4. The Balaban J connectivity index is 1.82. The number of aliphatic hydroxyl groups is 3. The molecule has 0 saturated carbocycles. The summed E-state index contributed by atoms with van der Waals surface area (Å²) >= 11 is 0. The Bertz CT molecular complexity index is 723. The van der Waals surface area contributed by atoms with Gasteiger partial charge in [0.2, 0.25) is 0 Å². The Kier molecular flexibility index (Phi) is 4.35. The molecule has 9 heteroatoms. The monoisotopic (exact) mass is 320 g/mol. The largest absolute Gasteiger partial charge is 0.394 e. The van der Waals surface area contributed by atoms with Gasteiger partial charge in [0.1, 0.15) is 18.3 Å². The Morgan fingerprint density at radius 1 is 1.22 bits per heavy atom. The van der Waals surface area contributed by atoms with Gasteiger partial charge < -0.3 is 25.4 Å². The molecule has 9 nitrogen and oxygen atoms in total. The fourth-order valence-electron chi connectivity index (χ4n) is 2.34. The lowest BCUT2D eigenvalue weighted by Gasteiger charge is -2.15. The zero-order valence-electron chi connectivity index (χ0n) is 12.0. The van der Waals surface area contributed by atoms with Crippen LogP contribution in [0.1, 0.15) is 6.23 Å². The Morgan fingerprint density at radius 3 is 2.57 bits per heavy atom. The number of nitrogens with one attached hydrogen (secondary N) is 1. The normalized spacial score (nSPS) is 27.1. The molecule has 4 atom stereocenters. The summed E-state index contributed by atoms with van der Waals surface area (Å²) in [6, 6.07) is 9.13. The number of para-hydroxylation sites is 1. The first-order chi connectivity index (χ1) is 11.1. The number of nitrogens with zero attached hydrogens (tertiary/aromatic N) is 3. The molecule has 1 fully saturated rings. The molecule has 122 valence electrons. The molecule has 0 unspecified atom stereocenters. The van der Waals surface area contributed by atoms with Gasteiger partial charge in [-0.05, 0) is 12.1 Å². The minimum Gasteiger partial charge on any atom is -0.394 e. The number of aliphatic hydroxyl groups excluding tert-OH is 3. The van der Waals surface area contributed by atoms with Crippen molar-refractivity contribution in [1.29, 1.82) is 0 Å². The van der Waals surface area contributed by atoms with Crippen molar-refractivity contribution in [2.75, 3.05) is 11.9 Å². The third kappa shape index (κ3) is 3.08. The molecule has 0 radical (unpaired) electrons. The lowest BCUT2D eigenvalue weighted by Crippen LogP contribution is -2.37. The Labute approximate surface area is 130 Å². The first-order valence-electron chi connectivity index (χ1n) is 7.00. The Hall–Kier alpha value is -2.33. The van der Waals surface area contributed by atoms with Crippen molar-refractivity contribution in [1.82, 2.24) is 14.8 Å². The molecule has 1 aromatic carbocycles. The van der Waals surface area contributed by atoms with E-state index < -0.39 is 36.8 Å². The summed E-state index contributed by atoms with van der Waals surface area (Å²) in [5, 5.41) is 35.5. The summed E-state index contributed by atoms with van der Waals surface area (Å²) in [5.74, 6) is 0.240. The van der Waals surface area contributed by atoms with Crippen molar-refractivity contribution in [3.05, 3.63) is 47.0 Å². The highest BCUT2D eigenvalue weighted by Crippen LogP contribution is 2.27. The smallest absolute Gasteiger partial charge is 0.368 e. The van der Waals surface area contributed by atoms with Gasteiger partial charge in [-0.15, -0.1) is 0 Å². The van der Waals surface area contributed by atoms with Gasteiger partial charge in [0.05, 0.1) is 12.8 Å². The van der Waals surface area contributed by atoms with E-state index in [0.717, 1.165) is 10.4 Å². The summed E-state index contributed by atoms with van der Waals surface area (Å²) < 4.78 is 6.08. The molecule has 3 rings (SSSR count). The fraction of sp³-hybridized carbons (Fsp3) is 0.357. The summed E-state index contributed by atoms with van der Waals surface area (Å²) in [6.45, 7) is -0.482. The molecule has 4 N–H and O–H groups in total. The zero-order valence-corrected chi connectivity index (χ0v) is 12.0. The molecule has 0 aliphatic carbocycles. The molecule has 0 bridgehead atoms. The van der Waals surface area contributed by atoms with E-state index in [1.165, 1.54) is 6.20 Å². The predicted octanol–water partition coefficient (Wildman–Crippen LogP) is -1.01. The lowest BCUT2D eigenvalue weighted by molar-refractivity contribution is -0.0616. The number of rotatable bonds is 4. The molecule has 2 heterocycles. The third-order valence-electron chi connectivity index (χ3n) is 3.52. The number of ether oxygens (including phenoxy) is 1. The van der Waals surface area contributed by atoms with E-state index in [-0.39, 0.29) is 5.82 Å². The van der Waals surface area contributed by atoms with Crippen molar-refractivity contribution in [3.63, 3.8) is 0 Å². The van der Waals surface area contributed by atoms with Gasteiger partial charge in [0.15, 0.2) is 12.0 Å². The number of hydrogen-bond acceptors (Lipinski definition) is 8. The minimum absolute atomic E-state index is 0.240. The minimum atomic E-state index is -1.38. The van der Waals surface area contributed by atoms with Gasteiger partial charge >= 0.3 is 5.69 Å². The molecule has 23 heavy (non-hydrogen) atoms. The van der Waals surface area contributed by atoms with Crippen LogP contribution in [0.15, 0.2) is 41.3 Å². The second-order valence-corrected chi connectivity index (χ2v) is 5.09. The van der Waals surface area contributed by atoms with Crippen molar-refractivity contribution >= 4 is 11.5 Å². The number of benzene rings is 1. The maximum Gasteiger partial charge on any atom is 0.368 e. The molecular formula is C14H16N4O5. The summed E-state index contributed by atoms with van der Waals surface area (Å²) in [7, 11) is 0. The van der Waals surface area contributed by atoms with Crippen LogP contribution >= 0.6 is 0 Å². The maximum atomic E-state index is 12.1. The second-order valence-electron chi connectivity index (χ2n) is 5.09. The molecule has 1 aliphatic heterocycles. The van der Waals surface area contributed by atoms with Crippen LogP contribution < -0.4 is 11.0 Å². The highest BCUT2D eigenvalue weighted by molar-refractivity contribution is 5.54. The average molecular weight is 320 g/mol. The second kappa shape index (κ2) is 6.42. The van der Waals surface area contributed by atoms with E-state index in [4.69, 9.17) is 9.84 Å². The van der Waals surface area contributed by atoms with Gasteiger partial charge in [-0.25, -0.2) is 4.79 Å². The lowest BCUT2D eigenvalue weighted by atomic mass is 10.1. The zero-order chi connectivity index (χ0) is 16.4. The molecule has 0 spiro atoms. The SMILES string of the molecule is O=c1nc(Nc2ccccc2)cnn1[C@@H]1O[C@H](CO)[C@@H](O)[C@H]1O. The predicted molar refractivity (Wildman–Crippen MR) is 79.0 cm³/mol. The van der Waals surface area contributed by atoms with E-state index in [1.807, 2.05) is 18.2 Å². The van der Waals surface area contributed by atoms with E-state index in [2.05, 4.69) is 15.4 Å². The first-order valence-corrected chi connectivity index (χ1v) is 7.00. The summed E-state index contributed by atoms with van der Waals surface area (Å²) in [5.41, 5.74) is -0.00682. The highest BCUT2D eigenvalue weighted by Gasteiger charge is 2.44.